The third-order valence-corrected chi connectivity index (χ3v) is 5.49. The molecule has 1 fully saturated rings. The molecule has 116 valence electrons. The molecule has 2 atom stereocenters. The predicted molar refractivity (Wildman–Crippen MR) is 88.3 cm³/mol. The van der Waals surface area contributed by atoms with Crippen LogP contribution in [0.4, 0.5) is 0 Å². The highest BCUT2D eigenvalue weighted by molar-refractivity contribution is 6.26. The second-order valence-corrected chi connectivity index (χ2v) is 7.04. The lowest BCUT2D eigenvalue weighted by Gasteiger charge is -2.30. The fourth-order valence-electron chi connectivity index (χ4n) is 3.92. The van der Waals surface area contributed by atoms with Crippen molar-refractivity contribution in [2.45, 2.75) is 52.9 Å². The summed E-state index contributed by atoms with van der Waals surface area (Å²) in [5.74, 6) is 1.30. The van der Waals surface area contributed by atoms with E-state index in [0.717, 1.165) is 17.6 Å². The van der Waals surface area contributed by atoms with Crippen LogP contribution in [0.5, 0.6) is 0 Å². The summed E-state index contributed by atoms with van der Waals surface area (Å²) in [5, 5.41) is 0. The summed E-state index contributed by atoms with van der Waals surface area (Å²) in [7, 11) is 0. The molecule has 0 aliphatic heterocycles. The molecule has 0 heterocycles. The Morgan fingerprint density at radius 1 is 1.00 bits per heavy atom. The number of rotatable bonds is 2. The summed E-state index contributed by atoms with van der Waals surface area (Å²) >= 11 is 0. The normalized spacial score (nSPS) is 25.4. The molecule has 0 spiro atoms. The van der Waals surface area contributed by atoms with Gasteiger partial charge in [-0.2, -0.15) is 0 Å². The van der Waals surface area contributed by atoms with Crippen molar-refractivity contribution in [1.82, 2.24) is 0 Å². The number of allylic oxidation sites excluding steroid dienone is 2. The van der Waals surface area contributed by atoms with E-state index in [1.807, 2.05) is 26.0 Å². The minimum absolute atomic E-state index is 0.0352. The molecule has 2 heteroatoms. The smallest absolute Gasteiger partial charge is 0.190 e. The molecule has 2 aliphatic rings. The van der Waals surface area contributed by atoms with Gasteiger partial charge in [-0.1, -0.05) is 43.9 Å². The van der Waals surface area contributed by atoms with Gasteiger partial charge in [0.15, 0.2) is 11.6 Å². The summed E-state index contributed by atoms with van der Waals surface area (Å²) in [6.07, 6.45) is 5.74. The molecule has 0 N–H and O–H groups in total. The lowest BCUT2D eigenvalue weighted by molar-refractivity contribution is 0.0965. The quantitative estimate of drug-likeness (QED) is 0.777. The highest BCUT2D eigenvalue weighted by Gasteiger charge is 2.32. The molecular formula is C20H24O2. The van der Waals surface area contributed by atoms with Crippen molar-refractivity contribution < 1.29 is 9.59 Å². The molecule has 2 nitrogen and oxygen atoms in total. The summed E-state index contributed by atoms with van der Waals surface area (Å²) in [4.78, 5) is 25.5. The van der Waals surface area contributed by atoms with Crippen LogP contribution >= 0.6 is 0 Å². The van der Waals surface area contributed by atoms with Crippen LogP contribution in [0.25, 0.3) is 0 Å². The molecule has 1 saturated carbocycles. The Kier molecular flexibility index (Phi) is 4.03. The molecule has 2 aliphatic carbocycles. The van der Waals surface area contributed by atoms with Crippen molar-refractivity contribution in [3.63, 3.8) is 0 Å². The van der Waals surface area contributed by atoms with E-state index in [0.29, 0.717) is 28.5 Å². The Bertz CT molecular complexity index is 666. The van der Waals surface area contributed by atoms with Gasteiger partial charge in [-0.15, -0.1) is 0 Å². The van der Waals surface area contributed by atoms with Gasteiger partial charge in [-0.05, 0) is 44.6 Å². The summed E-state index contributed by atoms with van der Waals surface area (Å²) < 4.78 is 0. The highest BCUT2D eigenvalue weighted by atomic mass is 16.1. The Morgan fingerprint density at radius 3 is 2.45 bits per heavy atom. The molecule has 3 rings (SSSR count). The zero-order chi connectivity index (χ0) is 15.9. The van der Waals surface area contributed by atoms with Gasteiger partial charge in [0.05, 0.1) is 0 Å². The Labute approximate surface area is 132 Å². The predicted octanol–water partition coefficient (Wildman–Crippen LogP) is 4.91. The lowest BCUT2D eigenvalue weighted by atomic mass is 9.73. The van der Waals surface area contributed by atoms with Gasteiger partial charge in [-0.25, -0.2) is 0 Å². The number of benzene rings is 1. The van der Waals surface area contributed by atoms with E-state index in [4.69, 9.17) is 0 Å². The first-order valence-electron chi connectivity index (χ1n) is 8.39. The van der Waals surface area contributed by atoms with Crippen LogP contribution < -0.4 is 0 Å². The molecule has 22 heavy (non-hydrogen) atoms. The SMILES string of the molecule is CC1=C(CC2CCCCC2C)C(=O)c2cc(C)ccc2C1=O. The van der Waals surface area contributed by atoms with E-state index < -0.39 is 0 Å². The van der Waals surface area contributed by atoms with Crippen molar-refractivity contribution in [3.05, 3.63) is 46.0 Å². The molecule has 0 aromatic heterocycles. The molecule has 0 saturated heterocycles. The van der Waals surface area contributed by atoms with Gasteiger partial charge in [-0.3, -0.25) is 9.59 Å². The van der Waals surface area contributed by atoms with Crippen molar-refractivity contribution in [2.75, 3.05) is 0 Å². The fraction of sp³-hybridized carbons (Fsp3) is 0.500. The number of hydrogen-bond acceptors (Lipinski definition) is 2. The van der Waals surface area contributed by atoms with Crippen LogP contribution in [0.15, 0.2) is 29.3 Å². The number of Topliss-reactive ketones (excluding diaryl/α,β-unsaturated/α-hetero) is 2. The Hall–Kier alpha value is -1.70. The molecule has 0 bridgehead atoms. The topological polar surface area (TPSA) is 34.1 Å². The standard InChI is InChI=1S/C20H24O2/c1-12-8-9-16-18(10-12)20(22)17(14(3)19(16)21)11-15-7-5-4-6-13(15)2/h8-10,13,15H,4-7,11H2,1-3H3. The Balaban J connectivity index is 1.95. The van der Waals surface area contributed by atoms with E-state index >= 15 is 0 Å². The fourth-order valence-corrected chi connectivity index (χ4v) is 3.92. The second-order valence-electron chi connectivity index (χ2n) is 7.04. The maximum Gasteiger partial charge on any atom is 0.190 e. The van der Waals surface area contributed by atoms with Crippen LogP contribution in [0.1, 0.15) is 72.2 Å². The van der Waals surface area contributed by atoms with Gasteiger partial charge in [0.1, 0.15) is 0 Å². The van der Waals surface area contributed by atoms with Crippen molar-refractivity contribution in [3.8, 4) is 0 Å². The van der Waals surface area contributed by atoms with Gasteiger partial charge in [0.25, 0.3) is 0 Å². The first-order chi connectivity index (χ1) is 10.5. The third kappa shape index (κ3) is 2.55. The first-order valence-corrected chi connectivity index (χ1v) is 8.39. The molecule has 0 radical (unpaired) electrons. The van der Waals surface area contributed by atoms with E-state index in [1.165, 1.54) is 25.7 Å². The minimum atomic E-state index is 0.0352. The van der Waals surface area contributed by atoms with Crippen LogP contribution in [-0.2, 0) is 0 Å². The van der Waals surface area contributed by atoms with E-state index in [2.05, 4.69) is 6.92 Å². The number of fused-ring (bicyclic) bond motifs is 1. The number of hydrogen-bond donors (Lipinski definition) is 0. The molecule has 1 aromatic rings. The van der Waals surface area contributed by atoms with Crippen LogP contribution in [0.3, 0.4) is 0 Å². The first kappa shape index (κ1) is 15.2. The average Bonchev–Trinajstić information content (AvgIpc) is 2.51. The van der Waals surface area contributed by atoms with Crippen LogP contribution in [-0.4, -0.2) is 11.6 Å². The van der Waals surface area contributed by atoms with Crippen LogP contribution in [0.2, 0.25) is 0 Å². The highest BCUT2D eigenvalue weighted by Crippen LogP contribution is 2.37. The van der Waals surface area contributed by atoms with Gasteiger partial charge in [0.2, 0.25) is 0 Å². The van der Waals surface area contributed by atoms with Crippen molar-refractivity contribution >= 4 is 11.6 Å². The molecular weight excluding hydrogens is 272 g/mol. The minimum Gasteiger partial charge on any atom is -0.289 e. The Morgan fingerprint density at radius 2 is 1.73 bits per heavy atom. The number of carbonyl (C=O) groups is 2. The largest absolute Gasteiger partial charge is 0.289 e. The maximum atomic E-state index is 12.9. The zero-order valence-electron chi connectivity index (χ0n) is 13.7. The summed E-state index contributed by atoms with van der Waals surface area (Å²) in [6, 6.07) is 5.58. The number of carbonyl (C=O) groups excluding carboxylic acids is 2. The molecule has 0 amide bonds. The van der Waals surface area contributed by atoms with E-state index in [9.17, 15) is 9.59 Å². The number of aryl methyl sites for hydroxylation is 1. The zero-order valence-corrected chi connectivity index (χ0v) is 13.7. The van der Waals surface area contributed by atoms with E-state index in [-0.39, 0.29) is 11.6 Å². The molecule has 2 unspecified atom stereocenters. The second kappa shape index (κ2) is 5.83. The van der Waals surface area contributed by atoms with Crippen LogP contribution in [0, 0.1) is 18.8 Å². The summed E-state index contributed by atoms with van der Waals surface area (Å²) in [5.41, 5.74) is 3.65. The van der Waals surface area contributed by atoms with Crippen molar-refractivity contribution in [1.29, 1.82) is 0 Å². The van der Waals surface area contributed by atoms with Gasteiger partial charge >= 0.3 is 0 Å². The van der Waals surface area contributed by atoms with Crippen molar-refractivity contribution in [2.24, 2.45) is 11.8 Å². The summed E-state index contributed by atoms with van der Waals surface area (Å²) in [6.45, 7) is 6.07. The van der Waals surface area contributed by atoms with Gasteiger partial charge < -0.3 is 0 Å². The number of ketones is 2. The van der Waals surface area contributed by atoms with E-state index in [1.54, 1.807) is 6.07 Å². The monoisotopic (exact) mass is 296 g/mol. The maximum absolute atomic E-state index is 12.9. The average molecular weight is 296 g/mol. The third-order valence-electron chi connectivity index (χ3n) is 5.49. The van der Waals surface area contributed by atoms with Gasteiger partial charge in [0, 0.05) is 22.3 Å². The molecule has 1 aromatic carbocycles. The lowest BCUT2D eigenvalue weighted by Crippen LogP contribution is -2.25.